The van der Waals surface area contributed by atoms with E-state index >= 15 is 0 Å². The first kappa shape index (κ1) is 20.3. The van der Waals surface area contributed by atoms with E-state index in [2.05, 4.69) is 0 Å². The molecule has 0 aromatic heterocycles. The second-order valence-electron chi connectivity index (χ2n) is 8.21. The molecule has 1 atom stereocenters. The van der Waals surface area contributed by atoms with Crippen molar-refractivity contribution in [3.63, 3.8) is 0 Å². The quantitative estimate of drug-likeness (QED) is 0.602. The molecule has 10 heteroatoms. The number of ether oxygens (including phenoxy) is 2. The number of esters is 1. The highest BCUT2D eigenvalue weighted by atomic mass is 19.4. The summed E-state index contributed by atoms with van der Waals surface area (Å²) in [5.41, 5.74) is -3.75. The van der Waals surface area contributed by atoms with Gasteiger partial charge < -0.3 is 19.3 Å². The first-order valence-corrected chi connectivity index (χ1v) is 8.18. The molecule has 2 heterocycles. The lowest BCUT2D eigenvalue weighted by Gasteiger charge is -2.46. The van der Waals surface area contributed by atoms with Crippen molar-refractivity contribution < 1.29 is 37.0 Å². The molecule has 1 unspecified atom stereocenters. The van der Waals surface area contributed by atoms with Gasteiger partial charge in [0.05, 0.1) is 6.54 Å². The number of cyclic esters (lactones) is 1. The maximum absolute atomic E-state index is 13.0. The molecule has 0 bridgehead atoms. The second kappa shape index (κ2) is 6.02. The van der Waals surface area contributed by atoms with Crippen molar-refractivity contribution in [2.24, 2.45) is 0 Å². The number of hydrogen-bond donors (Lipinski definition) is 0. The Hall–Kier alpha value is -2.00. The second-order valence-corrected chi connectivity index (χ2v) is 8.21. The van der Waals surface area contributed by atoms with Gasteiger partial charge >= 0.3 is 24.1 Å². The third-order valence-corrected chi connectivity index (χ3v) is 4.17. The van der Waals surface area contributed by atoms with Crippen molar-refractivity contribution in [1.82, 2.24) is 9.80 Å². The Kier molecular flexibility index (Phi) is 4.70. The van der Waals surface area contributed by atoms with Crippen molar-refractivity contribution in [2.45, 2.75) is 64.0 Å². The number of carbonyl (C=O) groups is 3. The minimum atomic E-state index is -5.13. The summed E-state index contributed by atoms with van der Waals surface area (Å²) in [6.45, 7) is 7.01. The Morgan fingerprint density at radius 1 is 1.15 bits per heavy atom. The standard InChI is InChI=1S/C16H23F3N2O5/c1-13(2,3)26-12(24)20-6-7-21(10(22)16(17,18)19)15(9-20)8-14(4,5)25-11(15)23/h6-9H2,1-5H3. The van der Waals surface area contributed by atoms with E-state index < -0.39 is 54.0 Å². The van der Waals surface area contributed by atoms with Crippen LogP contribution < -0.4 is 0 Å². The molecule has 2 rings (SSSR count). The number of halogens is 3. The van der Waals surface area contributed by atoms with Crippen LogP contribution in [0.5, 0.6) is 0 Å². The molecule has 2 aliphatic rings. The van der Waals surface area contributed by atoms with Crippen LogP contribution >= 0.6 is 0 Å². The third-order valence-electron chi connectivity index (χ3n) is 4.17. The van der Waals surface area contributed by atoms with Gasteiger partial charge in [-0.25, -0.2) is 9.59 Å². The molecule has 0 aromatic carbocycles. The predicted octanol–water partition coefficient (Wildman–Crippen LogP) is 2.09. The van der Waals surface area contributed by atoms with Gasteiger partial charge in [0.15, 0.2) is 5.54 Å². The van der Waals surface area contributed by atoms with Crippen LogP contribution in [0, 0.1) is 0 Å². The van der Waals surface area contributed by atoms with E-state index in [1.54, 1.807) is 34.6 Å². The largest absolute Gasteiger partial charge is 0.471 e. The fraction of sp³-hybridized carbons (Fsp3) is 0.812. The zero-order chi connectivity index (χ0) is 20.1. The van der Waals surface area contributed by atoms with E-state index in [4.69, 9.17) is 9.47 Å². The maximum atomic E-state index is 13.0. The molecule has 0 radical (unpaired) electrons. The first-order chi connectivity index (χ1) is 11.6. The minimum Gasteiger partial charge on any atom is -0.458 e. The van der Waals surface area contributed by atoms with Crippen LogP contribution in [0.2, 0.25) is 0 Å². The number of hydrogen-bond acceptors (Lipinski definition) is 5. The smallest absolute Gasteiger partial charge is 0.458 e. The SMILES string of the molecule is CC(C)(C)OC(=O)N1CCN(C(=O)C(F)(F)F)C2(C1)CC(C)(C)OC2=O. The van der Waals surface area contributed by atoms with Gasteiger partial charge in [0.2, 0.25) is 0 Å². The summed E-state index contributed by atoms with van der Waals surface area (Å²) in [7, 11) is 0. The van der Waals surface area contributed by atoms with E-state index in [0.29, 0.717) is 4.90 Å². The summed E-state index contributed by atoms with van der Waals surface area (Å²) < 4.78 is 49.5. The topological polar surface area (TPSA) is 76.2 Å². The molecular weight excluding hydrogens is 357 g/mol. The fourth-order valence-electron chi connectivity index (χ4n) is 3.33. The predicted molar refractivity (Wildman–Crippen MR) is 83.1 cm³/mol. The Labute approximate surface area is 149 Å². The summed E-state index contributed by atoms with van der Waals surface area (Å²) in [5, 5.41) is 0. The van der Waals surface area contributed by atoms with Gasteiger partial charge in [-0.2, -0.15) is 13.2 Å². The van der Waals surface area contributed by atoms with E-state index in [1.807, 2.05) is 0 Å². The highest BCUT2D eigenvalue weighted by Gasteiger charge is 2.63. The van der Waals surface area contributed by atoms with Crippen LogP contribution in [-0.2, 0) is 19.1 Å². The van der Waals surface area contributed by atoms with Crippen molar-refractivity contribution in [2.75, 3.05) is 19.6 Å². The average Bonchev–Trinajstić information content (AvgIpc) is 2.64. The van der Waals surface area contributed by atoms with E-state index in [0.717, 1.165) is 4.90 Å². The van der Waals surface area contributed by atoms with Crippen molar-refractivity contribution in [1.29, 1.82) is 0 Å². The van der Waals surface area contributed by atoms with Gasteiger partial charge in [0.25, 0.3) is 0 Å². The molecule has 2 aliphatic heterocycles. The molecule has 0 N–H and O–H groups in total. The van der Waals surface area contributed by atoms with Crippen molar-refractivity contribution >= 4 is 18.0 Å². The lowest BCUT2D eigenvalue weighted by atomic mass is 9.85. The molecule has 1 spiro atoms. The van der Waals surface area contributed by atoms with Crippen molar-refractivity contribution in [3.05, 3.63) is 0 Å². The van der Waals surface area contributed by atoms with E-state index in [9.17, 15) is 27.6 Å². The van der Waals surface area contributed by atoms with Gasteiger partial charge in [-0.1, -0.05) is 0 Å². The summed E-state index contributed by atoms with van der Waals surface area (Å²) >= 11 is 0. The van der Waals surface area contributed by atoms with Crippen LogP contribution in [0.3, 0.4) is 0 Å². The van der Waals surface area contributed by atoms with Gasteiger partial charge in [-0.15, -0.1) is 0 Å². The highest BCUT2D eigenvalue weighted by molar-refractivity contribution is 5.93. The number of piperazine rings is 1. The van der Waals surface area contributed by atoms with Crippen LogP contribution in [0.15, 0.2) is 0 Å². The molecule has 2 amide bonds. The first-order valence-electron chi connectivity index (χ1n) is 8.18. The van der Waals surface area contributed by atoms with Crippen LogP contribution in [0.25, 0.3) is 0 Å². The van der Waals surface area contributed by atoms with Gasteiger partial charge in [0, 0.05) is 19.5 Å². The molecule has 7 nitrogen and oxygen atoms in total. The molecule has 0 saturated carbocycles. The zero-order valence-corrected chi connectivity index (χ0v) is 15.4. The van der Waals surface area contributed by atoms with E-state index in [-0.39, 0.29) is 13.0 Å². The highest BCUT2D eigenvalue weighted by Crippen LogP contribution is 2.42. The molecule has 2 saturated heterocycles. The summed E-state index contributed by atoms with van der Waals surface area (Å²) in [4.78, 5) is 38.4. The summed E-state index contributed by atoms with van der Waals surface area (Å²) in [6.07, 6.45) is -6.04. The number of alkyl halides is 3. The number of amides is 2. The van der Waals surface area contributed by atoms with Crippen LogP contribution in [0.4, 0.5) is 18.0 Å². The Morgan fingerprint density at radius 2 is 1.73 bits per heavy atom. The molecule has 26 heavy (non-hydrogen) atoms. The average molecular weight is 380 g/mol. The van der Waals surface area contributed by atoms with Crippen LogP contribution in [-0.4, -0.2) is 70.3 Å². The monoisotopic (exact) mass is 380 g/mol. The van der Waals surface area contributed by atoms with Gasteiger partial charge in [0.1, 0.15) is 11.2 Å². The molecular formula is C16H23F3N2O5. The fourth-order valence-corrected chi connectivity index (χ4v) is 3.33. The molecule has 2 fully saturated rings. The molecule has 0 aromatic rings. The number of rotatable bonds is 0. The normalized spacial score (nSPS) is 26.1. The molecule has 148 valence electrons. The number of nitrogens with zero attached hydrogens (tertiary/aromatic N) is 2. The third kappa shape index (κ3) is 3.88. The minimum absolute atomic E-state index is 0.153. The Morgan fingerprint density at radius 3 is 2.15 bits per heavy atom. The lowest BCUT2D eigenvalue weighted by Crippen LogP contribution is -2.69. The van der Waals surface area contributed by atoms with Gasteiger partial charge in [-0.3, -0.25) is 4.79 Å². The summed E-state index contributed by atoms with van der Waals surface area (Å²) in [6, 6.07) is 0. The lowest BCUT2D eigenvalue weighted by molar-refractivity contribution is -0.196. The zero-order valence-electron chi connectivity index (χ0n) is 15.4. The summed E-state index contributed by atoms with van der Waals surface area (Å²) in [5.74, 6) is -3.07. The molecule has 0 aliphatic carbocycles. The Balaban J connectivity index is 2.36. The maximum Gasteiger partial charge on any atom is 0.471 e. The van der Waals surface area contributed by atoms with Gasteiger partial charge in [-0.05, 0) is 34.6 Å². The Bertz CT molecular complexity index is 626. The van der Waals surface area contributed by atoms with E-state index in [1.165, 1.54) is 0 Å². The number of carbonyl (C=O) groups excluding carboxylic acids is 3. The van der Waals surface area contributed by atoms with Crippen molar-refractivity contribution in [3.8, 4) is 0 Å². The van der Waals surface area contributed by atoms with Crippen LogP contribution in [0.1, 0.15) is 41.0 Å².